The number of benzene rings is 1. The van der Waals surface area contributed by atoms with Gasteiger partial charge in [0.2, 0.25) is 5.91 Å². The molecule has 0 saturated carbocycles. The Morgan fingerprint density at radius 2 is 2.21 bits per heavy atom. The Morgan fingerprint density at radius 3 is 2.84 bits per heavy atom. The number of hydrogen-bond acceptors (Lipinski definition) is 3. The summed E-state index contributed by atoms with van der Waals surface area (Å²) in [6.07, 6.45) is 3.15. The molecule has 2 aromatic rings. The monoisotopic (exact) mass is 292 g/mol. The summed E-state index contributed by atoms with van der Waals surface area (Å²) < 4.78 is 0. The fraction of sp³-hybridized carbons (Fsp3) is 0.143. The van der Waals surface area contributed by atoms with Gasteiger partial charge in [-0.25, -0.2) is 4.98 Å². The molecule has 0 radical (unpaired) electrons. The number of nitrogens with one attached hydrogen (secondary N) is 1. The van der Waals surface area contributed by atoms with Crippen LogP contribution < -0.4 is 5.32 Å². The molecule has 1 amide bonds. The molecule has 0 fully saturated rings. The second-order valence-electron chi connectivity index (χ2n) is 4.08. The van der Waals surface area contributed by atoms with Crippen molar-refractivity contribution in [2.45, 2.75) is 13.8 Å². The van der Waals surface area contributed by atoms with E-state index in [-0.39, 0.29) is 5.91 Å². The largest absolute Gasteiger partial charge is 0.322 e. The third kappa shape index (κ3) is 3.91. The summed E-state index contributed by atoms with van der Waals surface area (Å²) in [4.78, 5) is 16.0. The molecule has 0 aliphatic rings. The van der Waals surface area contributed by atoms with Gasteiger partial charge in [-0.3, -0.25) is 4.79 Å². The average molecular weight is 293 g/mol. The SMILES string of the molecule is Cc1nc(/C=C/C(=O)Nc2ccc(C)c(Cl)c2)cs1. The molecule has 0 aliphatic carbocycles. The molecule has 1 N–H and O–H groups in total. The Hall–Kier alpha value is -1.65. The first-order valence-electron chi connectivity index (χ1n) is 5.72. The second kappa shape index (κ2) is 5.99. The van der Waals surface area contributed by atoms with Crippen LogP contribution in [0.1, 0.15) is 16.3 Å². The van der Waals surface area contributed by atoms with Crippen molar-refractivity contribution in [3.8, 4) is 0 Å². The van der Waals surface area contributed by atoms with E-state index < -0.39 is 0 Å². The van der Waals surface area contributed by atoms with E-state index in [2.05, 4.69) is 10.3 Å². The van der Waals surface area contributed by atoms with Gasteiger partial charge in [0.15, 0.2) is 0 Å². The highest BCUT2D eigenvalue weighted by Crippen LogP contribution is 2.20. The minimum Gasteiger partial charge on any atom is -0.322 e. The highest BCUT2D eigenvalue weighted by atomic mass is 35.5. The maximum absolute atomic E-state index is 11.7. The maximum Gasteiger partial charge on any atom is 0.248 e. The molecule has 0 aliphatic heterocycles. The summed E-state index contributed by atoms with van der Waals surface area (Å²) in [6.45, 7) is 3.84. The molecular formula is C14H13ClN2OS. The zero-order valence-electron chi connectivity index (χ0n) is 10.6. The molecule has 0 saturated heterocycles. The van der Waals surface area contributed by atoms with Gasteiger partial charge in [0, 0.05) is 22.2 Å². The van der Waals surface area contributed by atoms with Crippen LogP contribution in [0.25, 0.3) is 6.08 Å². The second-order valence-corrected chi connectivity index (χ2v) is 5.55. The Labute approximate surface area is 120 Å². The topological polar surface area (TPSA) is 42.0 Å². The number of amides is 1. The van der Waals surface area contributed by atoms with Gasteiger partial charge in [-0.05, 0) is 37.6 Å². The molecule has 0 spiro atoms. The highest BCUT2D eigenvalue weighted by Gasteiger charge is 2.01. The molecule has 0 unspecified atom stereocenters. The molecule has 1 heterocycles. The van der Waals surface area contributed by atoms with Crippen LogP contribution in [0.4, 0.5) is 5.69 Å². The normalized spacial score (nSPS) is 10.9. The van der Waals surface area contributed by atoms with Gasteiger partial charge in [-0.2, -0.15) is 0 Å². The summed E-state index contributed by atoms with van der Waals surface area (Å²) in [5.41, 5.74) is 2.45. The van der Waals surface area contributed by atoms with Crippen LogP contribution in [-0.4, -0.2) is 10.9 Å². The number of carbonyl (C=O) groups is 1. The van der Waals surface area contributed by atoms with Crippen molar-refractivity contribution in [2.24, 2.45) is 0 Å². The molecule has 3 nitrogen and oxygen atoms in total. The predicted molar refractivity (Wildman–Crippen MR) is 80.7 cm³/mol. The zero-order valence-corrected chi connectivity index (χ0v) is 12.2. The number of halogens is 1. The van der Waals surface area contributed by atoms with Gasteiger partial charge >= 0.3 is 0 Å². The minimum atomic E-state index is -0.203. The van der Waals surface area contributed by atoms with E-state index in [0.29, 0.717) is 10.7 Å². The van der Waals surface area contributed by atoms with Crippen LogP contribution in [0.2, 0.25) is 5.02 Å². The number of thiazole rings is 1. The van der Waals surface area contributed by atoms with Crippen molar-refractivity contribution >= 4 is 40.6 Å². The van der Waals surface area contributed by atoms with Crippen molar-refractivity contribution in [3.63, 3.8) is 0 Å². The van der Waals surface area contributed by atoms with E-state index in [1.807, 2.05) is 31.4 Å². The molecular weight excluding hydrogens is 280 g/mol. The summed E-state index contributed by atoms with van der Waals surface area (Å²) in [6, 6.07) is 5.42. The van der Waals surface area contributed by atoms with Crippen LogP contribution in [0.3, 0.4) is 0 Å². The van der Waals surface area contributed by atoms with Gasteiger partial charge in [-0.15, -0.1) is 11.3 Å². The third-order valence-corrected chi connectivity index (χ3v) is 3.68. The predicted octanol–water partition coefficient (Wildman–Crippen LogP) is 4.07. The van der Waals surface area contributed by atoms with Gasteiger partial charge in [0.05, 0.1) is 10.7 Å². The van der Waals surface area contributed by atoms with Crippen molar-refractivity contribution in [2.75, 3.05) is 5.32 Å². The lowest BCUT2D eigenvalue weighted by Crippen LogP contribution is -2.07. The number of anilines is 1. The first-order chi connectivity index (χ1) is 9.04. The third-order valence-electron chi connectivity index (χ3n) is 2.48. The smallest absolute Gasteiger partial charge is 0.248 e. The first kappa shape index (κ1) is 13.8. The number of nitrogens with zero attached hydrogens (tertiary/aromatic N) is 1. The molecule has 2 rings (SSSR count). The summed E-state index contributed by atoms with van der Waals surface area (Å²) in [5, 5.41) is 6.27. The average Bonchev–Trinajstić information content (AvgIpc) is 2.77. The molecule has 0 bridgehead atoms. The summed E-state index contributed by atoms with van der Waals surface area (Å²) in [5.74, 6) is -0.203. The Bertz CT molecular complexity index is 634. The fourth-order valence-corrected chi connectivity index (χ4v) is 2.23. The van der Waals surface area contributed by atoms with Gasteiger partial charge in [0.25, 0.3) is 0 Å². The summed E-state index contributed by atoms with van der Waals surface area (Å²) >= 11 is 7.55. The molecule has 1 aromatic carbocycles. The number of aryl methyl sites for hydroxylation is 2. The van der Waals surface area contributed by atoms with Crippen LogP contribution in [0.5, 0.6) is 0 Å². The minimum absolute atomic E-state index is 0.203. The van der Waals surface area contributed by atoms with Crippen molar-refractivity contribution < 1.29 is 4.79 Å². The fourth-order valence-electron chi connectivity index (χ4n) is 1.47. The van der Waals surface area contributed by atoms with E-state index in [1.165, 1.54) is 6.08 Å². The number of aromatic nitrogens is 1. The van der Waals surface area contributed by atoms with E-state index >= 15 is 0 Å². The summed E-state index contributed by atoms with van der Waals surface area (Å²) in [7, 11) is 0. The van der Waals surface area contributed by atoms with Gasteiger partial charge < -0.3 is 5.32 Å². The quantitative estimate of drug-likeness (QED) is 0.867. The van der Waals surface area contributed by atoms with E-state index in [0.717, 1.165) is 16.3 Å². The lowest BCUT2D eigenvalue weighted by Gasteiger charge is -2.04. The number of rotatable bonds is 3. The van der Waals surface area contributed by atoms with Crippen molar-refractivity contribution in [3.05, 3.63) is 50.9 Å². The molecule has 98 valence electrons. The maximum atomic E-state index is 11.7. The first-order valence-corrected chi connectivity index (χ1v) is 6.98. The Balaban J connectivity index is 2.01. The van der Waals surface area contributed by atoms with Gasteiger partial charge in [-0.1, -0.05) is 17.7 Å². The van der Waals surface area contributed by atoms with Crippen LogP contribution in [0, 0.1) is 13.8 Å². The number of hydrogen-bond donors (Lipinski definition) is 1. The molecule has 19 heavy (non-hydrogen) atoms. The van der Waals surface area contributed by atoms with Crippen LogP contribution in [0.15, 0.2) is 29.7 Å². The Morgan fingerprint density at radius 1 is 1.42 bits per heavy atom. The molecule has 1 aromatic heterocycles. The van der Waals surface area contributed by atoms with Crippen molar-refractivity contribution in [1.82, 2.24) is 4.98 Å². The van der Waals surface area contributed by atoms with E-state index in [4.69, 9.17) is 11.6 Å². The van der Waals surface area contributed by atoms with E-state index in [9.17, 15) is 4.79 Å². The van der Waals surface area contributed by atoms with Crippen LogP contribution >= 0.6 is 22.9 Å². The zero-order chi connectivity index (χ0) is 13.8. The molecule has 5 heteroatoms. The number of carbonyl (C=O) groups excluding carboxylic acids is 1. The lowest BCUT2D eigenvalue weighted by molar-refractivity contribution is -0.111. The standard InChI is InChI=1S/C14H13ClN2OS/c1-9-3-4-11(7-13(9)15)17-14(18)6-5-12-8-19-10(2)16-12/h3-8H,1-2H3,(H,17,18)/b6-5+. The van der Waals surface area contributed by atoms with Crippen LogP contribution in [-0.2, 0) is 4.79 Å². The van der Waals surface area contributed by atoms with Crippen molar-refractivity contribution in [1.29, 1.82) is 0 Å². The lowest BCUT2D eigenvalue weighted by atomic mass is 10.2. The molecule has 0 atom stereocenters. The van der Waals surface area contributed by atoms with Gasteiger partial charge in [0.1, 0.15) is 0 Å². The Kier molecular flexibility index (Phi) is 4.35. The van der Waals surface area contributed by atoms with E-state index in [1.54, 1.807) is 23.5 Å². The highest BCUT2D eigenvalue weighted by molar-refractivity contribution is 7.09.